The van der Waals surface area contributed by atoms with Crippen LogP contribution in [0.15, 0.2) is 35.9 Å². The second-order valence-corrected chi connectivity index (χ2v) is 10.0. The lowest BCUT2D eigenvalue weighted by Gasteiger charge is -2.45. The summed E-state index contributed by atoms with van der Waals surface area (Å²) in [5, 5.41) is 2.59. The van der Waals surface area contributed by atoms with Gasteiger partial charge in [0.15, 0.2) is 5.11 Å². The van der Waals surface area contributed by atoms with Crippen LogP contribution in [0, 0.1) is 19.7 Å². The molecule has 33 heavy (non-hydrogen) atoms. The van der Waals surface area contributed by atoms with Crippen LogP contribution in [0.4, 0.5) is 15.8 Å². The Morgan fingerprint density at radius 2 is 1.85 bits per heavy atom. The highest BCUT2D eigenvalue weighted by Gasteiger charge is 2.37. The molecule has 2 aromatic carbocycles. The van der Waals surface area contributed by atoms with E-state index in [9.17, 15) is 9.59 Å². The van der Waals surface area contributed by atoms with Crippen LogP contribution in [-0.2, 0) is 9.59 Å². The smallest absolute Gasteiger partial charge is 0.270 e. The summed E-state index contributed by atoms with van der Waals surface area (Å²) in [6.45, 7) is 10.2. The SMILES string of the molecule is Cc1ccc(N2C(=O)/C(=C\c3cc4c(cc3F)N(C)C(C)(C)CC4C)C(=O)NC2=S)c(C)c1. The van der Waals surface area contributed by atoms with Gasteiger partial charge in [0.2, 0.25) is 0 Å². The first-order valence-electron chi connectivity index (χ1n) is 11.0. The van der Waals surface area contributed by atoms with E-state index in [4.69, 9.17) is 12.2 Å². The largest absolute Gasteiger partial charge is 0.369 e. The molecule has 0 saturated carbocycles. The van der Waals surface area contributed by atoms with Crippen LogP contribution in [0.3, 0.4) is 0 Å². The van der Waals surface area contributed by atoms with E-state index in [1.165, 1.54) is 17.0 Å². The van der Waals surface area contributed by atoms with Crippen LogP contribution in [0.1, 0.15) is 55.4 Å². The third-order valence-corrected chi connectivity index (χ3v) is 7.03. The van der Waals surface area contributed by atoms with E-state index in [-0.39, 0.29) is 27.7 Å². The lowest BCUT2D eigenvalue weighted by Crippen LogP contribution is -2.54. The Kier molecular flexibility index (Phi) is 5.65. The highest BCUT2D eigenvalue weighted by molar-refractivity contribution is 7.80. The number of benzene rings is 2. The van der Waals surface area contributed by atoms with Gasteiger partial charge in [-0.15, -0.1) is 0 Å². The maximum atomic E-state index is 15.2. The van der Waals surface area contributed by atoms with Crippen molar-refractivity contribution in [2.75, 3.05) is 16.8 Å². The van der Waals surface area contributed by atoms with E-state index in [0.29, 0.717) is 5.69 Å². The topological polar surface area (TPSA) is 52.7 Å². The number of hydrogen-bond acceptors (Lipinski definition) is 4. The first-order chi connectivity index (χ1) is 15.4. The van der Waals surface area contributed by atoms with Crippen molar-refractivity contribution in [2.24, 2.45) is 0 Å². The molecule has 172 valence electrons. The van der Waals surface area contributed by atoms with Crippen LogP contribution in [-0.4, -0.2) is 29.5 Å². The summed E-state index contributed by atoms with van der Waals surface area (Å²) >= 11 is 5.30. The Morgan fingerprint density at radius 1 is 1.15 bits per heavy atom. The zero-order valence-corrected chi connectivity index (χ0v) is 20.6. The molecular weight excluding hydrogens is 437 g/mol. The summed E-state index contributed by atoms with van der Waals surface area (Å²) < 4.78 is 15.2. The van der Waals surface area contributed by atoms with Gasteiger partial charge >= 0.3 is 0 Å². The van der Waals surface area contributed by atoms with Gasteiger partial charge < -0.3 is 4.90 Å². The van der Waals surface area contributed by atoms with Crippen molar-refractivity contribution < 1.29 is 14.0 Å². The summed E-state index contributed by atoms with van der Waals surface area (Å²) in [4.78, 5) is 29.4. The molecule has 2 aliphatic rings. The highest BCUT2D eigenvalue weighted by atomic mass is 32.1. The fourth-order valence-electron chi connectivity index (χ4n) is 4.80. The summed E-state index contributed by atoms with van der Waals surface area (Å²) in [5.41, 5.74) is 4.27. The van der Waals surface area contributed by atoms with Crippen LogP contribution in [0.25, 0.3) is 6.08 Å². The Bertz CT molecular complexity index is 1230. The fraction of sp³-hybridized carbons (Fsp3) is 0.346. The number of carbonyl (C=O) groups is 2. The van der Waals surface area contributed by atoms with Crippen molar-refractivity contribution in [3.8, 4) is 0 Å². The Hall–Kier alpha value is -3.06. The van der Waals surface area contributed by atoms with Gasteiger partial charge in [-0.25, -0.2) is 4.39 Å². The Morgan fingerprint density at radius 3 is 2.52 bits per heavy atom. The fourth-order valence-corrected chi connectivity index (χ4v) is 5.08. The predicted octanol–water partition coefficient (Wildman–Crippen LogP) is 5.00. The average molecular weight is 466 g/mol. The van der Waals surface area contributed by atoms with Crippen molar-refractivity contribution in [1.82, 2.24) is 5.32 Å². The molecule has 0 aromatic heterocycles. The molecule has 1 fully saturated rings. The second-order valence-electron chi connectivity index (χ2n) is 9.66. The maximum absolute atomic E-state index is 15.2. The number of aryl methyl sites for hydroxylation is 2. The van der Waals surface area contributed by atoms with E-state index in [1.807, 2.05) is 33.0 Å². The molecule has 0 aliphatic carbocycles. The van der Waals surface area contributed by atoms with Crippen molar-refractivity contribution in [1.29, 1.82) is 0 Å². The standard InChI is InChI=1S/C26H28FN3O2S/c1-14-7-8-21(15(2)9-14)30-24(32)19(23(31)28-25(30)33)11-17-10-18-16(3)13-26(4,5)29(6)22(18)12-20(17)27/h7-12,16H,13H2,1-6H3,(H,28,31,33)/b19-11-. The number of hydrogen-bond donors (Lipinski definition) is 1. The zero-order valence-electron chi connectivity index (χ0n) is 19.7. The molecule has 5 nitrogen and oxygen atoms in total. The number of thiocarbonyl (C=S) groups is 1. The molecule has 2 heterocycles. The summed E-state index contributed by atoms with van der Waals surface area (Å²) in [7, 11) is 1.96. The van der Waals surface area contributed by atoms with E-state index >= 15 is 4.39 Å². The van der Waals surface area contributed by atoms with Crippen LogP contribution < -0.4 is 15.1 Å². The van der Waals surface area contributed by atoms with E-state index in [1.54, 1.807) is 12.1 Å². The quantitative estimate of drug-likeness (QED) is 0.385. The summed E-state index contributed by atoms with van der Waals surface area (Å²) in [6.07, 6.45) is 2.24. The third kappa shape index (κ3) is 3.95. The average Bonchev–Trinajstić information content (AvgIpc) is 2.71. The molecule has 4 rings (SSSR count). The third-order valence-electron chi connectivity index (χ3n) is 6.75. The minimum Gasteiger partial charge on any atom is -0.369 e. The van der Waals surface area contributed by atoms with Crippen LogP contribution >= 0.6 is 12.2 Å². The van der Waals surface area contributed by atoms with Gasteiger partial charge in [0.05, 0.1) is 5.69 Å². The summed E-state index contributed by atoms with van der Waals surface area (Å²) in [5.74, 6) is -1.47. The van der Waals surface area contributed by atoms with Gasteiger partial charge in [0, 0.05) is 23.8 Å². The molecule has 1 saturated heterocycles. The minimum atomic E-state index is -0.630. The molecule has 2 aromatic rings. The number of carbonyl (C=O) groups excluding carboxylic acids is 2. The molecule has 2 amide bonds. The predicted molar refractivity (Wildman–Crippen MR) is 134 cm³/mol. The highest BCUT2D eigenvalue weighted by Crippen LogP contribution is 2.43. The number of anilines is 2. The van der Waals surface area contributed by atoms with Crippen LogP contribution in [0.2, 0.25) is 0 Å². The normalized spacial score (nSPS) is 21.4. The van der Waals surface area contributed by atoms with Gasteiger partial charge in [0.25, 0.3) is 11.8 Å². The number of nitrogens with zero attached hydrogens (tertiary/aromatic N) is 2. The van der Waals surface area contributed by atoms with E-state index in [2.05, 4.69) is 31.0 Å². The first-order valence-corrected chi connectivity index (χ1v) is 11.4. The molecule has 0 radical (unpaired) electrons. The molecular formula is C26H28FN3O2S. The molecule has 1 N–H and O–H groups in total. The maximum Gasteiger partial charge on any atom is 0.270 e. The number of nitrogens with one attached hydrogen (secondary N) is 1. The number of rotatable bonds is 2. The molecule has 0 spiro atoms. The number of amides is 2. The minimum absolute atomic E-state index is 0.0116. The van der Waals surface area contributed by atoms with Gasteiger partial charge in [0.1, 0.15) is 11.4 Å². The number of fused-ring (bicyclic) bond motifs is 1. The van der Waals surface area contributed by atoms with Crippen molar-refractivity contribution >= 4 is 46.6 Å². The molecule has 1 atom stereocenters. The number of halogens is 1. The molecule has 7 heteroatoms. The van der Waals surface area contributed by atoms with Gasteiger partial charge in [-0.3, -0.25) is 19.8 Å². The molecule has 0 bridgehead atoms. The monoisotopic (exact) mass is 465 g/mol. The van der Waals surface area contributed by atoms with E-state index in [0.717, 1.165) is 28.8 Å². The van der Waals surface area contributed by atoms with Crippen LogP contribution in [0.5, 0.6) is 0 Å². The molecule has 1 unspecified atom stereocenters. The Balaban J connectivity index is 1.78. The van der Waals surface area contributed by atoms with E-state index < -0.39 is 17.6 Å². The Labute approximate surface area is 199 Å². The van der Waals surface area contributed by atoms with Gasteiger partial charge in [-0.05, 0) is 87.7 Å². The zero-order chi connectivity index (χ0) is 24.2. The lowest BCUT2D eigenvalue weighted by molar-refractivity contribution is -0.122. The van der Waals surface area contributed by atoms with Crippen molar-refractivity contribution in [2.45, 2.75) is 52.5 Å². The second kappa shape index (κ2) is 8.06. The molecule has 2 aliphatic heterocycles. The van der Waals surface area contributed by atoms with Crippen molar-refractivity contribution in [3.05, 3.63) is 64.0 Å². The van der Waals surface area contributed by atoms with Gasteiger partial charge in [-0.2, -0.15) is 0 Å². The lowest BCUT2D eigenvalue weighted by atomic mass is 9.80. The van der Waals surface area contributed by atoms with Crippen molar-refractivity contribution in [3.63, 3.8) is 0 Å². The van der Waals surface area contributed by atoms with Gasteiger partial charge in [-0.1, -0.05) is 24.6 Å². The first kappa shape index (κ1) is 23.1. The summed E-state index contributed by atoms with van der Waals surface area (Å²) in [6, 6.07) is 8.86.